The Hall–Kier alpha value is -0.870. The Bertz CT molecular complexity index is 410. The fourth-order valence-corrected chi connectivity index (χ4v) is 3.28. The minimum atomic E-state index is 0.222. The average molecular weight is 264 g/mol. The first-order valence-electron chi connectivity index (χ1n) is 7.58. The van der Waals surface area contributed by atoms with Crippen molar-refractivity contribution in [1.82, 2.24) is 14.7 Å². The summed E-state index contributed by atoms with van der Waals surface area (Å²) in [5.74, 6) is 0. The normalized spacial score (nSPS) is 25.8. The molecular formula is C15H28N4. The summed E-state index contributed by atoms with van der Waals surface area (Å²) in [6.07, 6.45) is 6.76. The smallest absolute Gasteiger partial charge is 0.0670 e. The van der Waals surface area contributed by atoms with Crippen LogP contribution < -0.4 is 5.73 Å². The van der Waals surface area contributed by atoms with Gasteiger partial charge in [0.2, 0.25) is 0 Å². The van der Waals surface area contributed by atoms with E-state index in [1.54, 1.807) is 0 Å². The minimum absolute atomic E-state index is 0.222. The second-order valence-corrected chi connectivity index (χ2v) is 5.99. The molecule has 1 saturated heterocycles. The molecule has 4 heteroatoms. The van der Waals surface area contributed by atoms with Crippen LogP contribution in [-0.2, 0) is 13.5 Å². The van der Waals surface area contributed by atoms with Crippen molar-refractivity contribution >= 4 is 0 Å². The maximum absolute atomic E-state index is 6.49. The number of aryl methyl sites for hydroxylation is 2. The van der Waals surface area contributed by atoms with Crippen LogP contribution in [-0.4, -0.2) is 33.3 Å². The van der Waals surface area contributed by atoms with E-state index in [0.29, 0.717) is 12.1 Å². The van der Waals surface area contributed by atoms with Gasteiger partial charge in [-0.05, 0) is 39.7 Å². The Kier molecular flexibility index (Phi) is 4.63. The summed E-state index contributed by atoms with van der Waals surface area (Å²) < 4.78 is 1.93. The molecule has 1 aromatic heterocycles. The molecule has 1 aliphatic rings. The maximum atomic E-state index is 6.49. The highest BCUT2D eigenvalue weighted by atomic mass is 15.3. The molecule has 0 amide bonds. The Morgan fingerprint density at radius 2 is 2.16 bits per heavy atom. The highest BCUT2D eigenvalue weighted by molar-refractivity contribution is 5.24. The zero-order valence-electron chi connectivity index (χ0n) is 12.8. The molecule has 2 rings (SSSR count). The topological polar surface area (TPSA) is 47.1 Å². The first-order chi connectivity index (χ1) is 9.04. The summed E-state index contributed by atoms with van der Waals surface area (Å²) in [5.41, 5.74) is 9.04. The third kappa shape index (κ3) is 3.00. The number of nitrogens with zero attached hydrogens (tertiary/aromatic N) is 3. The van der Waals surface area contributed by atoms with Gasteiger partial charge in [-0.15, -0.1) is 0 Å². The summed E-state index contributed by atoms with van der Waals surface area (Å²) >= 11 is 0. The molecule has 4 nitrogen and oxygen atoms in total. The Balaban J connectivity index is 2.39. The molecule has 1 fully saturated rings. The van der Waals surface area contributed by atoms with Crippen LogP contribution in [0.4, 0.5) is 0 Å². The van der Waals surface area contributed by atoms with Gasteiger partial charge in [0.05, 0.1) is 11.7 Å². The van der Waals surface area contributed by atoms with Gasteiger partial charge < -0.3 is 5.73 Å². The number of likely N-dealkylation sites (tertiary alicyclic amines) is 1. The molecule has 2 heterocycles. The lowest BCUT2D eigenvalue weighted by atomic mass is 9.95. The molecule has 2 unspecified atom stereocenters. The zero-order valence-corrected chi connectivity index (χ0v) is 12.8. The summed E-state index contributed by atoms with van der Waals surface area (Å²) in [7, 11) is 2.00. The standard InChI is InChI=1S/C15H28N4/c1-5-14-12(10-18(4)17-14)15-13(16)8-6-7-9-19(15)11(2)3/h10-11,13,15H,5-9,16H2,1-4H3. The molecule has 108 valence electrons. The maximum Gasteiger partial charge on any atom is 0.0670 e. The molecule has 2 N–H and O–H groups in total. The highest BCUT2D eigenvalue weighted by Gasteiger charge is 2.32. The van der Waals surface area contributed by atoms with Gasteiger partial charge in [0, 0.05) is 30.9 Å². The predicted molar refractivity (Wildman–Crippen MR) is 79.0 cm³/mol. The van der Waals surface area contributed by atoms with Gasteiger partial charge in [0.1, 0.15) is 0 Å². The van der Waals surface area contributed by atoms with Crippen LogP contribution in [0, 0.1) is 0 Å². The van der Waals surface area contributed by atoms with Gasteiger partial charge in [-0.25, -0.2) is 0 Å². The molecule has 0 aromatic carbocycles. The summed E-state index contributed by atoms with van der Waals surface area (Å²) in [5, 5.41) is 4.60. The molecule has 0 radical (unpaired) electrons. The van der Waals surface area contributed by atoms with Crippen LogP contribution in [0.2, 0.25) is 0 Å². The average Bonchev–Trinajstić information content (AvgIpc) is 2.61. The molecule has 19 heavy (non-hydrogen) atoms. The van der Waals surface area contributed by atoms with Gasteiger partial charge in [-0.2, -0.15) is 5.10 Å². The highest BCUT2D eigenvalue weighted by Crippen LogP contribution is 2.32. The van der Waals surface area contributed by atoms with Crippen LogP contribution in [0.5, 0.6) is 0 Å². The van der Waals surface area contributed by atoms with E-state index < -0.39 is 0 Å². The summed E-state index contributed by atoms with van der Waals surface area (Å²) in [4.78, 5) is 2.56. The first kappa shape index (κ1) is 14.5. The van der Waals surface area contributed by atoms with Gasteiger partial charge in [0.15, 0.2) is 0 Å². The van der Waals surface area contributed by atoms with Crippen molar-refractivity contribution in [3.63, 3.8) is 0 Å². The second kappa shape index (κ2) is 6.06. The van der Waals surface area contributed by atoms with Gasteiger partial charge in [0.25, 0.3) is 0 Å². The molecule has 1 aliphatic heterocycles. The van der Waals surface area contributed by atoms with Crippen molar-refractivity contribution in [3.8, 4) is 0 Å². The Labute approximate surface area is 117 Å². The van der Waals surface area contributed by atoms with Gasteiger partial charge in [-0.3, -0.25) is 9.58 Å². The van der Waals surface area contributed by atoms with Crippen LogP contribution in [0.1, 0.15) is 57.3 Å². The van der Waals surface area contributed by atoms with Crippen molar-refractivity contribution in [1.29, 1.82) is 0 Å². The number of hydrogen-bond acceptors (Lipinski definition) is 3. The second-order valence-electron chi connectivity index (χ2n) is 5.99. The molecule has 0 saturated carbocycles. The number of aromatic nitrogens is 2. The van der Waals surface area contributed by atoms with Crippen LogP contribution in [0.3, 0.4) is 0 Å². The summed E-state index contributed by atoms with van der Waals surface area (Å²) in [6.45, 7) is 7.86. The van der Waals surface area contributed by atoms with Crippen LogP contribution >= 0.6 is 0 Å². The monoisotopic (exact) mass is 264 g/mol. The van der Waals surface area contributed by atoms with Crippen LogP contribution in [0.25, 0.3) is 0 Å². The zero-order chi connectivity index (χ0) is 14.0. The quantitative estimate of drug-likeness (QED) is 0.911. The predicted octanol–water partition coefficient (Wildman–Crippen LogP) is 2.25. The SMILES string of the molecule is CCc1nn(C)cc1C1C(N)CCCCN1C(C)C. The lowest BCUT2D eigenvalue weighted by Crippen LogP contribution is -2.43. The minimum Gasteiger partial charge on any atom is -0.326 e. The molecule has 0 bridgehead atoms. The third-order valence-electron chi connectivity index (χ3n) is 4.22. The van der Waals surface area contributed by atoms with E-state index in [-0.39, 0.29) is 6.04 Å². The fraction of sp³-hybridized carbons (Fsp3) is 0.800. The molecular weight excluding hydrogens is 236 g/mol. The van der Waals surface area contributed by atoms with Gasteiger partial charge in [-0.1, -0.05) is 13.3 Å². The fourth-order valence-electron chi connectivity index (χ4n) is 3.28. The number of rotatable bonds is 3. The van der Waals surface area contributed by atoms with Crippen molar-refractivity contribution in [3.05, 3.63) is 17.5 Å². The van der Waals surface area contributed by atoms with E-state index in [4.69, 9.17) is 5.73 Å². The molecule has 0 spiro atoms. The lowest BCUT2D eigenvalue weighted by molar-refractivity contribution is 0.143. The van der Waals surface area contributed by atoms with E-state index in [0.717, 1.165) is 19.4 Å². The Morgan fingerprint density at radius 3 is 2.79 bits per heavy atom. The Morgan fingerprint density at radius 1 is 1.42 bits per heavy atom. The van der Waals surface area contributed by atoms with Crippen molar-refractivity contribution in [2.45, 2.75) is 64.6 Å². The van der Waals surface area contributed by atoms with E-state index in [1.807, 2.05) is 11.7 Å². The first-order valence-corrected chi connectivity index (χ1v) is 7.58. The third-order valence-corrected chi connectivity index (χ3v) is 4.22. The largest absolute Gasteiger partial charge is 0.326 e. The number of hydrogen-bond donors (Lipinski definition) is 1. The van der Waals surface area contributed by atoms with Crippen molar-refractivity contribution in [2.75, 3.05) is 6.54 Å². The molecule has 2 atom stereocenters. The number of nitrogens with two attached hydrogens (primary N) is 1. The van der Waals surface area contributed by atoms with E-state index in [2.05, 4.69) is 37.0 Å². The van der Waals surface area contributed by atoms with Crippen LogP contribution in [0.15, 0.2) is 6.20 Å². The van der Waals surface area contributed by atoms with E-state index in [1.165, 1.54) is 24.1 Å². The van der Waals surface area contributed by atoms with Crippen molar-refractivity contribution < 1.29 is 0 Å². The molecule has 0 aliphatic carbocycles. The van der Waals surface area contributed by atoms with E-state index >= 15 is 0 Å². The van der Waals surface area contributed by atoms with Gasteiger partial charge >= 0.3 is 0 Å². The summed E-state index contributed by atoms with van der Waals surface area (Å²) in [6, 6.07) is 1.07. The van der Waals surface area contributed by atoms with E-state index in [9.17, 15) is 0 Å². The lowest BCUT2D eigenvalue weighted by Gasteiger charge is -2.36. The van der Waals surface area contributed by atoms with Crippen molar-refractivity contribution in [2.24, 2.45) is 12.8 Å². The molecule has 1 aromatic rings.